The number of hydrogen-bond acceptors (Lipinski definition) is 2. The van der Waals surface area contributed by atoms with Crippen molar-refractivity contribution in [2.45, 2.75) is 32.6 Å². The molecule has 2 nitrogen and oxygen atoms in total. The molecule has 0 saturated carbocycles. The van der Waals surface area contributed by atoms with Gasteiger partial charge in [-0.15, -0.1) is 12.4 Å². The Balaban J connectivity index is 0.00000196. The monoisotopic (exact) mass is 366 g/mol. The maximum Gasteiger partial charge on any atom is 0.0712 e. The lowest BCUT2D eigenvalue weighted by atomic mass is 9.90. The molecule has 0 unspecified atom stereocenters. The number of pyridine rings is 1. The van der Waals surface area contributed by atoms with Gasteiger partial charge in [0.15, 0.2) is 0 Å². The molecule has 0 spiro atoms. The molecule has 0 aliphatic carbocycles. The Morgan fingerprint density at radius 2 is 1.73 bits per heavy atom. The summed E-state index contributed by atoms with van der Waals surface area (Å²) < 4.78 is 0. The van der Waals surface area contributed by atoms with E-state index in [1.165, 1.54) is 54.4 Å². The molecule has 4 rings (SSSR count). The number of aryl methyl sites for hydroxylation is 2. The molecule has 1 aliphatic rings. The van der Waals surface area contributed by atoms with Crippen LogP contribution in [0.3, 0.4) is 0 Å². The molecule has 0 bridgehead atoms. The predicted octanol–water partition coefficient (Wildman–Crippen LogP) is 5.56. The minimum Gasteiger partial charge on any atom is -0.317 e. The molecule has 26 heavy (non-hydrogen) atoms. The highest BCUT2D eigenvalue weighted by atomic mass is 35.5. The normalized spacial score (nSPS) is 15.0. The number of benzene rings is 2. The molecule has 3 heteroatoms. The fourth-order valence-corrected chi connectivity index (χ4v) is 3.86. The van der Waals surface area contributed by atoms with E-state index in [-0.39, 0.29) is 12.4 Å². The smallest absolute Gasteiger partial charge is 0.0712 e. The maximum atomic E-state index is 4.92. The third kappa shape index (κ3) is 4.25. The molecule has 1 N–H and O–H groups in total. The van der Waals surface area contributed by atoms with Gasteiger partial charge in [0.1, 0.15) is 0 Å². The topological polar surface area (TPSA) is 24.9 Å². The Kier molecular flexibility index (Phi) is 6.29. The van der Waals surface area contributed by atoms with Crippen LogP contribution in [0.4, 0.5) is 0 Å². The summed E-state index contributed by atoms with van der Waals surface area (Å²) in [4.78, 5) is 4.92. The summed E-state index contributed by atoms with van der Waals surface area (Å²) in [5.41, 5.74) is 6.15. The number of halogens is 1. The van der Waals surface area contributed by atoms with Crippen LogP contribution in [0.25, 0.3) is 22.2 Å². The molecule has 0 radical (unpaired) electrons. The van der Waals surface area contributed by atoms with Crippen LogP contribution in [0.15, 0.2) is 54.6 Å². The molecule has 2 heterocycles. The van der Waals surface area contributed by atoms with E-state index >= 15 is 0 Å². The number of para-hydroxylation sites is 1. The van der Waals surface area contributed by atoms with E-state index in [1.54, 1.807) is 0 Å². The standard InChI is InChI=1S/C23H26N2.ClH/c1-17-6-9-19(10-7-17)23-16-20(11-8-18-12-14-24-15-13-18)21-4-2-3-5-22(21)25-23;/h2-7,9-10,16,18,24H,8,11-15H2,1H3;1H. The average Bonchev–Trinajstić information content (AvgIpc) is 2.67. The Hall–Kier alpha value is -1.90. The SMILES string of the molecule is Cc1ccc(-c2cc(CCC3CCNCC3)c3ccccc3n2)cc1.Cl. The first-order valence-corrected chi connectivity index (χ1v) is 9.46. The summed E-state index contributed by atoms with van der Waals surface area (Å²) in [6, 6.07) is 19.6. The molecule has 0 amide bonds. The van der Waals surface area contributed by atoms with E-state index < -0.39 is 0 Å². The summed E-state index contributed by atoms with van der Waals surface area (Å²) in [7, 11) is 0. The quantitative estimate of drug-likeness (QED) is 0.653. The second kappa shape index (κ2) is 8.66. The molecule has 1 saturated heterocycles. The zero-order valence-corrected chi connectivity index (χ0v) is 16.2. The zero-order valence-electron chi connectivity index (χ0n) is 15.4. The van der Waals surface area contributed by atoms with Crippen molar-refractivity contribution in [1.82, 2.24) is 10.3 Å². The van der Waals surface area contributed by atoms with Crippen molar-refractivity contribution in [2.75, 3.05) is 13.1 Å². The first kappa shape index (κ1) is 18.9. The third-order valence-corrected chi connectivity index (χ3v) is 5.43. The lowest BCUT2D eigenvalue weighted by Crippen LogP contribution is -2.27. The van der Waals surface area contributed by atoms with Crippen LogP contribution in [0, 0.1) is 12.8 Å². The fourth-order valence-electron chi connectivity index (χ4n) is 3.86. The van der Waals surface area contributed by atoms with Gasteiger partial charge in [-0.3, -0.25) is 0 Å². The van der Waals surface area contributed by atoms with Crippen LogP contribution in [0.2, 0.25) is 0 Å². The number of hydrogen-bond donors (Lipinski definition) is 1. The number of aromatic nitrogens is 1. The number of fused-ring (bicyclic) bond motifs is 1. The first-order valence-electron chi connectivity index (χ1n) is 9.46. The van der Waals surface area contributed by atoms with Crippen LogP contribution < -0.4 is 5.32 Å². The molecule has 0 atom stereocenters. The van der Waals surface area contributed by atoms with Crippen LogP contribution in [-0.4, -0.2) is 18.1 Å². The number of piperidine rings is 1. The van der Waals surface area contributed by atoms with Crippen LogP contribution in [-0.2, 0) is 6.42 Å². The van der Waals surface area contributed by atoms with Gasteiger partial charge in [0.2, 0.25) is 0 Å². The Bertz CT molecular complexity index is 852. The summed E-state index contributed by atoms with van der Waals surface area (Å²) in [5, 5.41) is 4.78. The molecule has 1 fully saturated rings. The van der Waals surface area contributed by atoms with E-state index in [4.69, 9.17) is 4.98 Å². The van der Waals surface area contributed by atoms with Crippen LogP contribution in [0.5, 0.6) is 0 Å². The molecular formula is C23H27ClN2. The van der Waals surface area contributed by atoms with Gasteiger partial charge in [0.05, 0.1) is 11.2 Å². The summed E-state index contributed by atoms with van der Waals surface area (Å²) >= 11 is 0. The fraction of sp³-hybridized carbons (Fsp3) is 0.348. The second-order valence-electron chi connectivity index (χ2n) is 7.28. The van der Waals surface area contributed by atoms with Gasteiger partial charge in [0, 0.05) is 10.9 Å². The first-order chi connectivity index (χ1) is 12.3. The maximum absolute atomic E-state index is 4.92. The van der Waals surface area contributed by atoms with E-state index in [0.717, 1.165) is 23.5 Å². The highest BCUT2D eigenvalue weighted by Gasteiger charge is 2.14. The number of nitrogens with zero attached hydrogens (tertiary/aromatic N) is 1. The Labute approximate surface area is 162 Å². The lowest BCUT2D eigenvalue weighted by Gasteiger charge is -2.22. The molecule has 3 aromatic rings. The largest absolute Gasteiger partial charge is 0.317 e. The van der Waals surface area contributed by atoms with Crippen molar-refractivity contribution in [3.8, 4) is 11.3 Å². The number of nitrogens with one attached hydrogen (secondary N) is 1. The van der Waals surface area contributed by atoms with E-state index in [1.807, 2.05) is 0 Å². The zero-order chi connectivity index (χ0) is 17.1. The Morgan fingerprint density at radius 3 is 2.50 bits per heavy atom. The van der Waals surface area contributed by atoms with Gasteiger partial charge in [-0.1, -0.05) is 48.0 Å². The van der Waals surface area contributed by atoms with E-state index in [9.17, 15) is 0 Å². The van der Waals surface area contributed by atoms with Gasteiger partial charge < -0.3 is 5.32 Å². The van der Waals surface area contributed by atoms with Gasteiger partial charge in [-0.05, 0) is 69.3 Å². The average molecular weight is 367 g/mol. The van der Waals surface area contributed by atoms with Crippen molar-refractivity contribution >= 4 is 23.3 Å². The minimum absolute atomic E-state index is 0. The number of rotatable bonds is 4. The van der Waals surface area contributed by atoms with E-state index in [2.05, 4.69) is 66.8 Å². The molecule has 1 aromatic heterocycles. The van der Waals surface area contributed by atoms with Gasteiger partial charge in [0.25, 0.3) is 0 Å². The lowest BCUT2D eigenvalue weighted by molar-refractivity contribution is 0.354. The van der Waals surface area contributed by atoms with Gasteiger partial charge in [-0.2, -0.15) is 0 Å². The van der Waals surface area contributed by atoms with Crippen molar-refractivity contribution in [1.29, 1.82) is 0 Å². The summed E-state index contributed by atoms with van der Waals surface area (Å²) in [6.07, 6.45) is 5.05. The molecule has 2 aromatic carbocycles. The van der Waals surface area contributed by atoms with Crippen LogP contribution in [0.1, 0.15) is 30.4 Å². The molecule has 1 aliphatic heterocycles. The predicted molar refractivity (Wildman–Crippen MR) is 113 cm³/mol. The summed E-state index contributed by atoms with van der Waals surface area (Å²) in [6.45, 7) is 4.48. The highest BCUT2D eigenvalue weighted by Crippen LogP contribution is 2.28. The second-order valence-corrected chi connectivity index (χ2v) is 7.28. The van der Waals surface area contributed by atoms with Crippen molar-refractivity contribution < 1.29 is 0 Å². The molecule has 136 valence electrons. The van der Waals surface area contributed by atoms with Crippen molar-refractivity contribution in [3.63, 3.8) is 0 Å². The van der Waals surface area contributed by atoms with Crippen molar-refractivity contribution in [2.24, 2.45) is 5.92 Å². The van der Waals surface area contributed by atoms with Gasteiger partial charge in [-0.25, -0.2) is 4.98 Å². The highest BCUT2D eigenvalue weighted by molar-refractivity contribution is 5.85. The third-order valence-electron chi connectivity index (χ3n) is 5.43. The Morgan fingerprint density at radius 1 is 1.00 bits per heavy atom. The molecular weight excluding hydrogens is 340 g/mol. The van der Waals surface area contributed by atoms with E-state index in [0.29, 0.717) is 0 Å². The van der Waals surface area contributed by atoms with Gasteiger partial charge >= 0.3 is 0 Å². The van der Waals surface area contributed by atoms with Crippen LogP contribution >= 0.6 is 12.4 Å². The minimum atomic E-state index is 0. The summed E-state index contributed by atoms with van der Waals surface area (Å²) in [5.74, 6) is 0.857. The van der Waals surface area contributed by atoms with Crippen molar-refractivity contribution in [3.05, 3.63) is 65.7 Å².